The molecule has 1 unspecified atom stereocenters. The van der Waals surface area contributed by atoms with Crippen molar-refractivity contribution in [1.82, 2.24) is 10.2 Å². The van der Waals surface area contributed by atoms with Crippen LogP contribution in [-0.4, -0.2) is 43.0 Å². The van der Waals surface area contributed by atoms with Gasteiger partial charge in [-0.25, -0.2) is 0 Å². The Kier molecular flexibility index (Phi) is 4.05. The zero-order chi connectivity index (χ0) is 12.3. The van der Waals surface area contributed by atoms with E-state index in [4.69, 9.17) is 5.73 Å². The Labute approximate surface area is 104 Å². The summed E-state index contributed by atoms with van der Waals surface area (Å²) in [6.45, 7) is 2.79. The largest absolute Gasteiger partial charge is 0.341 e. The maximum atomic E-state index is 12.5. The Bertz CT molecular complexity index is 272. The van der Waals surface area contributed by atoms with Crippen LogP contribution in [0.25, 0.3) is 0 Å². The average Bonchev–Trinajstić information content (AvgIpc) is 2.77. The number of hydrogen-bond donors (Lipinski definition) is 2. The second-order valence-electron chi connectivity index (χ2n) is 5.68. The smallest absolute Gasteiger partial charge is 0.242 e. The minimum Gasteiger partial charge on any atom is -0.341 e. The third kappa shape index (κ3) is 2.80. The van der Waals surface area contributed by atoms with Crippen LogP contribution in [-0.2, 0) is 4.79 Å². The molecule has 3 N–H and O–H groups in total. The van der Waals surface area contributed by atoms with Crippen molar-refractivity contribution >= 4 is 5.91 Å². The Hall–Kier alpha value is -0.610. The molecule has 4 heteroatoms. The van der Waals surface area contributed by atoms with Crippen LogP contribution in [0.4, 0.5) is 0 Å². The van der Waals surface area contributed by atoms with Crippen LogP contribution in [0.2, 0.25) is 0 Å². The number of carbonyl (C=O) groups excluding carboxylic acids is 1. The van der Waals surface area contributed by atoms with E-state index in [2.05, 4.69) is 5.32 Å². The molecule has 0 aromatic heterocycles. The minimum absolute atomic E-state index is 0.204. The molecule has 0 radical (unpaired) electrons. The number of nitrogens with zero attached hydrogens (tertiary/aromatic N) is 1. The highest BCUT2D eigenvalue weighted by atomic mass is 16.2. The molecule has 2 rings (SSSR count). The van der Waals surface area contributed by atoms with Crippen molar-refractivity contribution in [2.75, 3.05) is 26.7 Å². The maximum Gasteiger partial charge on any atom is 0.242 e. The standard InChI is InChI=1S/C13H25N3O/c1-15-9-11-5-4-8-16(10-11)12(17)13(14)6-2-3-7-13/h11,15H,2-10,14H2,1H3. The number of nitrogens with two attached hydrogens (primary N) is 1. The van der Waals surface area contributed by atoms with Gasteiger partial charge in [0.2, 0.25) is 5.91 Å². The van der Waals surface area contributed by atoms with Gasteiger partial charge in [-0.1, -0.05) is 12.8 Å². The van der Waals surface area contributed by atoms with Crippen molar-refractivity contribution in [2.45, 2.75) is 44.1 Å². The van der Waals surface area contributed by atoms with Crippen molar-refractivity contribution in [3.05, 3.63) is 0 Å². The highest BCUT2D eigenvalue weighted by Gasteiger charge is 2.40. The predicted octanol–water partition coefficient (Wildman–Crippen LogP) is 0.716. The van der Waals surface area contributed by atoms with Gasteiger partial charge in [0.15, 0.2) is 0 Å². The lowest BCUT2D eigenvalue weighted by Crippen LogP contribution is -2.56. The van der Waals surface area contributed by atoms with E-state index in [0.29, 0.717) is 5.92 Å². The Morgan fingerprint density at radius 2 is 2.12 bits per heavy atom. The number of amides is 1. The lowest BCUT2D eigenvalue weighted by Gasteiger charge is -2.37. The van der Waals surface area contributed by atoms with Crippen LogP contribution >= 0.6 is 0 Å². The van der Waals surface area contributed by atoms with Crippen LogP contribution in [0.5, 0.6) is 0 Å². The highest BCUT2D eigenvalue weighted by molar-refractivity contribution is 5.86. The third-order valence-electron chi connectivity index (χ3n) is 4.22. The lowest BCUT2D eigenvalue weighted by atomic mass is 9.92. The first-order valence-electron chi connectivity index (χ1n) is 6.88. The molecular weight excluding hydrogens is 214 g/mol. The van der Waals surface area contributed by atoms with Crippen molar-refractivity contribution in [3.8, 4) is 0 Å². The summed E-state index contributed by atoms with van der Waals surface area (Å²) in [7, 11) is 1.97. The van der Waals surface area contributed by atoms with Crippen molar-refractivity contribution in [2.24, 2.45) is 11.7 Å². The van der Waals surface area contributed by atoms with E-state index in [-0.39, 0.29) is 5.91 Å². The van der Waals surface area contributed by atoms with Crippen LogP contribution in [0.1, 0.15) is 38.5 Å². The summed E-state index contributed by atoms with van der Waals surface area (Å²) in [5.41, 5.74) is 5.71. The monoisotopic (exact) mass is 239 g/mol. The summed E-state index contributed by atoms with van der Waals surface area (Å²) in [4.78, 5) is 14.5. The van der Waals surface area contributed by atoms with Crippen LogP contribution in [0.15, 0.2) is 0 Å². The first-order chi connectivity index (χ1) is 8.15. The quantitative estimate of drug-likeness (QED) is 0.763. The Balaban J connectivity index is 1.94. The maximum absolute atomic E-state index is 12.5. The summed E-state index contributed by atoms with van der Waals surface area (Å²) in [5, 5.41) is 3.21. The summed E-state index contributed by atoms with van der Waals surface area (Å²) < 4.78 is 0. The summed E-state index contributed by atoms with van der Waals surface area (Å²) in [6, 6.07) is 0. The average molecular weight is 239 g/mol. The van der Waals surface area contributed by atoms with Gasteiger partial charge in [0.25, 0.3) is 0 Å². The third-order valence-corrected chi connectivity index (χ3v) is 4.22. The molecule has 1 saturated heterocycles. The summed E-state index contributed by atoms with van der Waals surface area (Å²) >= 11 is 0. The molecule has 1 heterocycles. The second kappa shape index (κ2) is 5.36. The molecule has 1 amide bonds. The van der Waals surface area contributed by atoms with Crippen LogP contribution in [0, 0.1) is 5.92 Å². The van der Waals surface area contributed by atoms with E-state index < -0.39 is 5.54 Å². The molecule has 1 aliphatic heterocycles. The Morgan fingerprint density at radius 3 is 2.76 bits per heavy atom. The fourth-order valence-corrected chi connectivity index (χ4v) is 3.24. The normalized spacial score (nSPS) is 28.4. The molecule has 1 aliphatic carbocycles. The van der Waals surface area contributed by atoms with Gasteiger partial charge in [-0.15, -0.1) is 0 Å². The molecule has 0 bridgehead atoms. The number of piperidine rings is 1. The molecule has 1 saturated carbocycles. The number of hydrogen-bond acceptors (Lipinski definition) is 3. The number of rotatable bonds is 3. The molecule has 0 aromatic carbocycles. The molecule has 2 aliphatic rings. The van der Waals surface area contributed by atoms with E-state index in [1.165, 1.54) is 6.42 Å². The lowest BCUT2D eigenvalue weighted by molar-refractivity contribution is -0.138. The van der Waals surface area contributed by atoms with E-state index in [1.54, 1.807) is 0 Å². The first-order valence-corrected chi connectivity index (χ1v) is 6.88. The molecule has 98 valence electrons. The minimum atomic E-state index is -0.540. The SMILES string of the molecule is CNCC1CCCN(C(=O)C2(N)CCCC2)C1. The first kappa shape index (κ1) is 12.8. The molecule has 1 atom stereocenters. The number of nitrogens with one attached hydrogen (secondary N) is 1. The topological polar surface area (TPSA) is 58.4 Å². The van der Waals surface area contributed by atoms with Crippen LogP contribution < -0.4 is 11.1 Å². The predicted molar refractivity (Wildman–Crippen MR) is 68.6 cm³/mol. The van der Waals surface area contributed by atoms with Gasteiger partial charge in [-0.3, -0.25) is 4.79 Å². The van der Waals surface area contributed by atoms with E-state index >= 15 is 0 Å². The van der Waals surface area contributed by atoms with Crippen molar-refractivity contribution < 1.29 is 4.79 Å². The van der Waals surface area contributed by atoms with Gasteiger partial charge < -0.3 is 16.0 Å². The van der Waals surface area contributed by atoms with Gasteiger partial charge in [-0.05, 0) is 45.2 Å². The number of carbonyl (C=O) groups is 1. The fourth-order valence-electron chi connectivity index (χ4n) is 3.24. The Morgan fingerprint density at radius 1 is 1.41 bits per heavy atom. The van der Waals surface area contributed by atoms with Crippen molar-refractivity contribution in [3.63, 3.8) is 0 Å². The molecule has 4 nitrogen and oxygen atoms in total. The summed E-state index contributed by atoms with van der Waals surface area (Å²) in [6.07, 6.45) is 6.31. The van der Waals surface area contributed by atoms with Crippen LogP contribution in [0.3, 0.4) is 0 Å². The second-order valence-corrected chi connectivity index (χ2v) is 5.68. The van der Waals surface area contributed by atoms with E-state index in [1.807, 2.05) is 11.9 Å². The highest BCUT2D eigenvalue weighted by Crippen LogP contribution is 2.30. The van der Waals surface area contributed by atoms with E-state index in [0.717, 1.165) is 51.7 Å². The zero-order valence-corrected chi connectivity index (χ0v) is 10.9. The number of likely N-dealkylation sites (tertiary alicyclic amines) is 1. The van der Waals surface area contributed by atoms with Gasteiger partial charge in [0.1, 0.15) is 0 Å². The molecule has 0 spiro atoms. The fraction of sp³-hybridized carbons (Fsp3) is 0.923. The molecule has 17 heavy (non-hydrogen) atoms. The molecular formula is C13H25N3O. The zero-order valence-electron chi connectivity index (χ0n) is 10.9. The van der Waals surface area contributed by atoms with Gasteiger partial charge >= 0.3 is 0 Å². The van der Waals surface area contributed by atoms with Gasteiger partial charge in [0, 0.05) is 13.1 Å². The van der Waals surface area contributed by atoms with Gasteiger partial charge in [0.05, 0.1) is 5.54 Å². The van der Waals surface area contributed by atoms with Crippen molar-refractivity contribution in [1.29, 1.82) is 0 Å². The molecule has 0 aromatic rings. The van der Waals surface area contributed by atoms with E-state index in [9.17, 15) is 4.79 Å². The van der Waals surface area contributed by atoms with Gasteiger partial charge in [-0.2, -0.15) is 0 Å². The molecule has 2 fully saturated rings. The summed E-state index contributed by atoms with van der Waals surface area (Å²) in [5.74, 6) is 0.804.